The van der Waals surface area contributed by atoms with E-state index in [4.69, 9.17) is 4.74 Å². The SMILES string of the molecule is CCCOc1cccc(C(O)=C2C(=O)C(=O)N(c3nc4ccc(F)cc4s3)C2c2ccc(I)cc2)c1. The van der Waals surface area contributed by atoms with Gasteiger partial charge in [-0.05, 0) is 77.0 Å². The van der Waals surface area contributed by atoms with Crippen molar-refractivity contribution in [1.82, 2.24) is 4.98 Å². The molecule has 1 saturated heterocycles. The number of aliphatic hydroxyl groups is 1. The fourth-order valence-electron chi connectivity index (χ4n) is 4.09. The first-order valence-electron chi connectivity index (χ1n) is 11.2. The monoisotopic (exact) mass is 614 g/mol. The molecule has 1 atom stereocenters. The van der Waals surface area contributed by atoms with Gasteiger partial charge in [0.15, 0.2) is 5.13 Å². The minimum atomic E-state index is -0.910. The van der Waals surface area contributed by atoms with E-state index in [1.165, 1.54) is 23.1 Å². The number of rotatable bonds is 6. The van der Waals surface area contributed by atoms with Crippen LogP contribution in [0, 0.1) is 9.39 Å². The highest BCUT2D eigenvalue weighted by Gasteiger charge is 2.48. The number of anilines is 1. The molecule has 1 N–H and O–H groups in total. The number of hydrogen-bond acceptors (Lipinski definition) is 6. The van der Waals surface area contributed by atoms with Crippen molar-refractivity contribution >= 4 is 66.7 Å². The van der Waals surface area contributed by atoms with Crippen molar-refractivity contribution in [2.24, 2.45) is 0 Å². The number of aromatic nitrogens is 1. The van der Waals surface area contributed by atoms with E-state index in [-0.39, 0.29) is 16.5 Å². The first-order valence-corrected chi connectivity index (χ1v) is 13.1. The predicted octanol–water partition coefficient (Wildman–Crippen LogP) is 6.46. The van der Waals surface area contributed by atoms with Crippen LogP contribution in [0.2, 0.25) is 0 Å². The molecule has 1 aliphatic rings. The Hall–Kier alpha value is -3.31. The summed E-state index contributed by atoms with van der Waals surface area (Å²) in [6, 6.07) is 17.4. The van der Waals surface area contributed by atoms with Crippen molar-refractivity contribution in [3.8, 4) is 5.75 Å². The molecule has 1 fully saturated rings. The van der Waals surface area contributed by atoms with E-state index in [0.717, 1.165) is 21.3 Å². The van der Waals surface area contributed by atoms with E-state index in [9.17, 15) is 19.1 Å². The molecule has 3 aromatic carbocycles. The lowest BCUT2D eigenvalue weighted by Crippen LogP contribution is -2.29. The van der Waals surface area contributed by atoms with Crippen LogP contribution in [-0.2, 0) is 9.59 Å². The first kappa shape index (κ1) is 24.4. The lowest BCUT2D eigenvalue weighted by atomic mass is 9.95. The van der Waals surface area contributed by atoms with Crippen LogP contribution in [-0.4, -0.2) is 28.4 Å². The number of thiazole rings is 1. The van der Waals surface area contributed by atoms with Gasteiger partial charge in [0.05, 0.1) is 28.4 Å². The van der Waals surface area contributed by atoms with E-state index < -0.39 is 23.5 Å². The van der Waals surface area contributed by atoms with Crippen LogP contribution in [0.3, 0.4) is 0 Å². The third-order valence-electron chi connectivity index (χ3n) is 5.76. The molecule has 0 aliphatic carbocycles. The number of aliphatic hydroxyl groups excluding tert-OH is 1. The third kappa shape index (κ3) is 4.48. The van der Waals surface area contributed by atoms with Crippen LogP contribution in [0.5, 0.6) is 5.75 Å². The van der Waals surface area contributed by atoms with Crippen LogP contribution in [0.1, 0.15) is 30.5 Å². The Kier molecular flexibility index (Phi) is 6.76. The van der Waals surface area contributed by atoms with Crippen molar-refractivity contribution in [2.45, 2.75) is 19.4 Å². The molecular formula is C27H20FIN2O4S. The smallest absolute Gasteiger partial charge is 0.301 e. The summed E-state index contributed by atoms with van der Waals surface area (Å²) in [5.41, 5.74) is 1.48. The molecule has 182 valence electrons. The number of amides is 1. The Morgan fingerprint density at radius 3 is 2.67 bits per heavy atom. The van der Waals surface area contributed by atoms with E-state index >= 15 is 0 Å². The number of hydrogen-bond donors (Lipinski definition) is 1. The van der Waals surface area contributed by atoms with Crippen LogP contribution >= 0.6 is 33.9 Å². The predicted molar refractivity (Wildman–Crippen MR) is 146 cm³/mol. The van der Waals surface area contributed by atoms with Crippen molar-refractivity contribution in [3.63, 3.8) is 0 Å². The molecule has 0 spiro atoms. The van der Waals surface area contributed by atoms with Gasteiger partial charge in [0.25, 0.3) is 5.78 Å². The molecule has 6 nitrogen and oxygen atoms in total. The van der Waals surface area contributed by atoms with Gasteiger partial charge in [-0.1, -0.05) is 42.5 Å². The minimum Gasteiger partial charge on any atom is -0.507 e. The molecule has 1 unspecified atom stereocenters. The number of halogens is 2. The van der Waals surface area contributed by atoms with Gasteiger partial charge in [-0.2, -0.15) is 0 Å². The maximum atomic E-state index is 13.8. The summed E-state index contributed by atoms with van der Waals surface area (Å²) in [7, 11) is 0. The number of ether oxygens (including phenoxy) is 1. The number of fused-ring (bicyclic) bond motifs is 1. The van der Waals surface area contributed by atoms with Gasteiger partial charge < -0.3 is 9.84 Å². The van der Waals surface area contributed by atoms with Crippen LogP contribution < -0.4 is 9.64 Å². The molecule has 0 radical (unpaired) electrons. The van der Waals surface area contributed by atoms with Crippen molar-refractivity contribution in [3.05, 3.63) is 92.8 Å². The summed E-state index contributed by atoms with van der Waals surface area (Å²) >= 11 is 3.28. The van der Waals surface area contributed by atoms with Crippen molar-refractivity contribution < 1.29 is 23.8 Å². The molecule has 1 aliphatic heterocycles. The maximum absolute atomic E-state index is 13.8. The maximum Gasteiger partial charge on any atom is 0.301 e. The summed E-state index contributed by atoms with van der Waals surface area (Å²) in [5.74, 6) is -1.79. The molecule has 1 amide bonds. The highest BCUT2D eigenvalue weighted by Crippen LogP contribution is 2.44. The molecule has 5 rings (SSSR count). The largest absolute Gasteiger partial charge is 0.507 e. The van der Waals surface area contributed by atoms with Gasteiger partial charge in [-0.15, -0.1) is 0 Å². The lowest BCUT2D eigenvalue weighted by molar-refractivity contribution is -0.132. The molecule has 1 aromatic heterocycles. The fourth-order valence-corrected chi connectivity index (χ4v) is 5.46. The van der Waals surface area contributed by atoms with Gasteiger partial charge in [-0.25, -0.2) is 9.37 Å². The van der Waals surface area contributed by atoms with E-state index in [1.807, 2.05) is 31.2 Å². The zero-order valence-corrected chi connectivity index (χ0v) is 22.0. The van der Waals surface area contributed by atoms with Crippen LogP contribution in [0.25, 0.3) is 16.0 Å². The quantitative estimate of drug-likeness (QED) is 0.117. The number of benzene rings is 3. The Morgan fingerprint density at radius 1 is 1.14 bits per heavy atom. The van der Waals surface area contributed by atoms with E-state index in [1.54, 1.807) is 24.3 Å². The summed E-state index contributed by atoms with van der Waals surface area (Å²) in [5, 5.41) is 11.6. The summed E-state index contributed by atoms with van der Waals surface area (Å²) in [4.78, 5) is 32.5. The summed E-state index contributed by atoms with van der Waals surface area (Å²) in [6.07, 6.45) is 0.820. The Bertz CT molecular complexity index is 1520. The van der Waals surface area contributed by atoms with Gasteiger partial charge >= 0.3 is 5.91 Å². The van der Waals surface area contributed by atoms with Crippen molar-refractivity contribution in [1.29, 1.82) is 0 Å². The topological polar surface area (TPSA) is 79.7 Å². The average molecular weight is 614 g/mol. The molecule has 36 heavy (non-hydrogen) atoms. The Morgan fingerprint density at radius 2 is 1.92 bits per heavy atom. The third-order valence-corrected chi connectivity index (χ3v) is 7.49. The number of carbonyl (C=O) groups excluding carboxylic acids is 2. The van der Waals surface area contributed by atoms with Gasteiger partial charge in [-0.3, -0.25) is 14.5 Å². The molecule has 0 bridgehead atoms. The second kappa shape index (κ2) is 9.98. The van der Waals surface area contributed by atoms with E-state index in [0.29, 0.717) is 33.7 Å². The second-order valence-corrected chi connectivity index (χ2v) is 10.5. The minimum absolute atomic E-state index is 0.0423. The summed E-state index contributed by atoms with van der Waals surface area (Å²) in [6.45, 7) is 2.50. The summed E-state index contributed by atoms with van der Waals surface area (Å²) < 4.78 is 21.0. The highest BCUT2D eigenvalue weighted by atomic mass is 127. The molecular weight excluding hydrogens is 594 g/mol. The number of carbonyl (C=O) groups is 2. The number of nitrogens with zero attached hydrogens (tertiary/aromatic N) is 2. The number of Topliss-reactive ketones (excluding diaryl/α,β-unsaturated/α-hetero) is 1. The van der Waals surface area contributed by atoms with Crippen molar-refractivity contribution in [2.75, 3.05) is 11.5 Å². The van der Waals surface area contributed by atoms with Crippen LogP contribution in [0.4, 0.5) is 9.52 Å². The standard InChI is InChI=1S/C27H20FIN2O4S/c1-2-12-35-19-5-3-4-16(13-19)24(32)22-23(15-6-9-18(29)10-7-15)31(26(34)25(22)33)27-30-20-11-8-17(28)14-21(20)36-27/h3-11,13-14,23,32H,2,12H2,1H3. The molecule has 4 aromatic rings. The molecule has 0 saturated carbocycles. The Balaban J connectivity index is 1.68. The number of ketones is 1. The first-order chi connectivity index (χ1) is 17.4. The van der Waals surface area contributed by atoms with Gasteiger partial charge in [0, 0.05) is 9.13 Å². The Labute approximate surface area is 224 Å². The zero-order chi connectivity index (χ0) is 25.4. The molecule has 2 heterocycles. The van der Waals surface area contributed by atoms with Gasteiger partial charge in [0.1, 0.15) is 17.3 Å². The molecule has 9 heteroatoms. The van der Waals surface area contributed by atoms with Gasteiger partial charge in [0.2, 0.25) is 0 Å². The lowest BCUT2D eigenvalue weighted by Gasteiger charge is -2.23. The average Bonchev–Trinajstić information content (AvgIpc) is 3.40. The second-order valence-electron chi connectivity index (χ2n) is 8.21. The highest BCUT2D eigenvalue weighted by molar-refractivity contribution is 14.1. The van der Waals surface area contributed by atoms with E-state index in [2.05, 4.69) is 27.6 Å². The fraction of sp³-hybridized carbons (Fsp3) is 0.148. The zero-order valence-electron chi connectivity index (χ0n) is 19.1. The normalized spacial score (nSPS) is 17.2. The van der Waals surface area contributed by atoms with Crippen LogP contribution in [0.15, 0.2) is 72.3 Å².